The first kappa shape index (κ1) is 8.53. The number of hydrogen-bond acceptors (Lipinski definition) is 2. The summed E-state index contributed by atoms with van der Waals surface area (Å²) in [5, 5.41) is 8.22. The van der Waals surface area contributed by atoms with Gasteiger partial charge in [-0.2, -0.15) is 9.65 Å². The molecule has 0 aliphatic heterocycles. The molecule has 0 unspecified atom stereocenters. The smallest absolute Gasteiger partial charge is 0.203 e. The van der Waals surface area contributed by atoms with Crippen molar-refractivity contribution in [2.75, 3.05) is 0 Å². The van der Waals surface area contributed by atoms with E-state index < -0.39 is 28.8 Å². The second-order valence-electron chi connectivity index (χ2n) is 2.12. The van der Waals surface area contributed by atoms with Crippen LogP contribution in [0.15, 0.2) is 0 Å². The highest BCUT2D eigenvalue weighted by Crippen LogP contribution is 2.15. The standard InChI is InChI=1S/C7H3F3N2/c1-3-5(8)4(2-11)12-7(10)6(3)9/h1H3. The molecule has 62 valence electrons. The van der Waals surface area contributed by atoms with Crippen molar-refractivity contribution in [2.24, 2.45) is 0 Å². The van der Waals surface area contributed by atoms with Crippen LogP contribution in [0.3, 0.4) is 0 Å². The number of halogens is 3. The molecule has 0 bridgehead atoms. The molecule has 2 nitrogen and oxygen atoms in total. The molecule has 0 amide bonds. The summed E-state index contributed by atoms with van der Waals surface area (Å²) >= 11 is 0. The SMILES string of the molecule is Cc1c(F)c(F)nc(C#N)c1F. The van der Waals surface area contributed by atoms with Gasteiger partial charge in [-0.3, -0.25) is 0 Å². The van der Waals surface area contributed by atoms with Crippen molar-refractivity contribution >= 4 is 0 Å². The zero-order chi connectivity index (χ0) is 9.30. The van der Waals surface area contributed by atoms with E-state index in [1.165, 1.54) is 6.07 Å². The molecule has 5 heteroatoms. The molecule has 1 aromatic rings. The fourth-order valence-electron chi connectivity index (χ4n) is 0.699. The van der Waals surface area contributed by atoms with Gasteiger partial charge in [-0.25, -0.2) is 13.8 Å². The molecule has 0 N–H and O–H groups in total. The number of hydrogen-bond donors (Lipinski definition) is 0. The lowest BCUT2D eigenvalue weighted by Gasteiger charge is -1.99. The minimum absolute atomic E-state index is 0.529. The number of nitriles is 1. The fraction of sp³-hybridized carbons (Fsp3) is 0.143. The monoisotopic (exact) mass is 172 g/mol. The molecule has 0 spiro atoms. The van der Waals surface area contributed by atoms with E-state index in [-0.39, 0.29) is 0 Å². The van der Waals surface area contributed by atoms with Gasteiger partial charge in [-0.1, -0.05) is 0 Å². The normalized spacial score (nSPS) is 9.58. The van der Waals surface area contributed by atoms with E-state index in [2.05, 4.69) is 4.98 Å². The Labute approximate surface area is 66.3 Å². The van der Waals surface area contributed by atoms with Crippen molar-refractivity contribution in [2.45, 2.75) is 6.92 Å². The summed E-state index contributed by atoms with van der Waals surface area (Å²) in [6.45, 7) is 1.04. The maximum absolute atomic E-state index is 12.8. The average Bonchev–Trinajstić information content (AvgIpc) is 2.08. The topological polar surface area (TPSA) is 36.7 Å². The van der Waals surface area contributed by atoms with Gasteiger partial charge >= 0.3 is 0 Å². The Morgan fingerprint density at radius 1 is 1.25 bits per heavy atom. The molecule has 1 heterocycles. The molecule has 12 heavy (non-hydrogen) atoms. The van der Waals surface area contributed by atoms with Gasteiger partial charge in [-0.05, 0) is 6.92 Å². The Kier molecular flexibility index (Phi) is 2.00. The second kappa shape index (κ2) is 2.81. The van der Waals surface area contributed by atoms with E-state index in [0.717, 1.165) is 6.92 Å². The number of aromatic nitrogens is 1. The van der Waals surface area contributed by atoms with Gasteiger partial charge in [0, 0.05) is 5.56 Å². The summed E-state index contributed by atoms with van der Waals surface area (Å²) in [7, 11) is 0. The van der Waals surface area contributed by atoms with Crippen LogP contribution in [0.4, 0.5) is 13.2 Å². The van der Waals surface area contributed by atoms with Gasteiger partial charge in [0.15, 0.2) is 17.3 Å². The minimum Gasteiger partial charge on any atom is -0.203 e. The molecular weight excluding hydrogens is 169 g/mol. The van der Waals surface area contributed by atoms with Crippen LogP contribution in [-0.4, -0.2) is 4.98 Å². The third-order valence-electron chi connectivity index (χ3n) is 1.36. The van der Waals surface area contributed by atoms with Gasteiger partial charge in [0.05, 0.1) is 0 Å². The van der Waals surface area contributed by atoms with E-state index in [4.69, 9.17) is 5.26 Å². The highest BCUT2D eigenvalue weighted by atomic mass is 19.2. The van der Waals surface area contributed by atoms with Crippen LogP contribution in [0, 0.1) is 35.8 Å². The maximum atomic E-state index is 12.8. The van der Waals surface area contributed by atoms with Crippen molar-refractivity contribution < 1.29 is 13.2 Å². The van der Waals surface area contributed by atoms with E-state index in [1.54, 1.807) is 0 Å². The van der Waals surface area contributed by atoms with Crippen molar-refractivity contribution in [3.05, 3.63) is 28.8 Å². The average molecular weight is 172 g/mol. The Morgan fingerprint density at radius 3 is 2.33 bits per heavy atom. The lowest BCUT2D eigenvalue weighted by atomic mass is 10.2. The summed E-state index contributed by atoms with van der Waals surface area (Å²) in [5.74, 6) is -3.92. The minimum atomic E-state index is -1.45. The van der Waals surface area contributed by atoms with Gasteiger partial charge in [0.2, 0.25) is 0 Å². The predicted molar refractivity (Wildman–Crippen MR) is 33.6 cm³/mol. The van der Waals surface area contributed by atoms with Crippen LogP contribution in [0.5, 0.6) is 0 Å². The molecule has 0 aromatic carbocycles. The lowest BCUT2D eigenvalue weighted by molar-refractivity contribution is 0.454. The van der Waals surface area contributed by atoms with Gasteiger partial charge < -0.3 is 0 Å². The number of pyridine rings is 1. The molecule has 0 fully saturated rings. The summed E-state index contributed by atoms with van der Waals surface area (Å²) in [4.78, 5) is 2.77. The number of rotatable bonds is 0. The number of nitrogens with zero attached hydrogens (tertiary/aromatic N) is 2. The van der Waals surface area contributed by atoms with Crippen molar-refractivity contribution in [3.8, 4) is 6.07 Å². The third-order valence-corrected chi connectivity index (χ3v) is 1.36. The first-order valence-corrected chi connectivity index (χ1v) is 2.99. The maximum Gasteiger partial charge on any atom is 0.250 e. The molecule has 1 rings (SSSR count). The molecule has 0 radical (unpaired) electrons. The van der Waals surface area contributed by atoms with Crippen molar-refractivity contribution in [1.82, 2.24) is 4.98 Å². The molecule has 0 saturated heterocycles. The van der Waals surface area contributed by atoms with Crippen LogP contribution in [0.1, 0.15) is 11.3 Å². The second-order valence-corrected chi connectivity index (χ2v) is 2.12. The molecular formula is C7H3F3N2. The predicted octanol–water partition coefficient (Wildman–Crippen LogP) is 1.68. The Hall–Kier alpha value is -1.57. The van der Waals surface area contributed by atoms with Gasteiger partial charge in [-0.15, -0.1) is 0 Å². The Bertz CT molecular complexity index is 368. The summed E-state index contributed by atoms with van der Waals surface area (Å²) < 4.78 is 37.7. The van der Waals surface area contributed by atoms with Crippen molar-refractivity contribution in [3.63, 3.8) is 0 Å². The van der Waals surface area contributed by atoms with Gasteiger partial charge in [0.25, 0.3) is 5.95 Å². The van der Waals surface area contributed by atoms with Crippen LogP contribution in [0.25, 0.3) is 0 Å². The van der Waals surface area contributed by atoms with E-state index in [0.29, 0.717) is 0 Å². The fourth-order valence-corrected chi connectivity index (χ4v) is 0.699. The molecule has 0 atom stereocenters. The third kappa shape index (κ3) is 1.11. The largest absolute Gasteiger partial charge is 0.250 e. The van der Waals surface area contributed by atoms with E-state index in [1.807, 2.05) is 0 Å². The Morgan fingerprint density at radius 2 is 1.83 bits per heavy atom. The van der Waals surface area contributed by atoms with Crippen LogP contribution < -0.4 is 0 Å². The highest BCUT2D eigenvalue weighted by Gasteiger charge is 2.16. The van der Waals surface area contributed by atoms with Crippen LogP contribution in [-0.2, 0) is 0 Å². The zero-order valence-corrected chi connectivity index (χ0v) is 6.03. The van der Waals surface area contributed by atoms with Crippen molar-refractivity contribution in [1.29, 1.82) is 5.26 Å². The van der Waals surface area contributed by atoms with E-state index >= 15 is 0 Å². The lowest BCUT2D eigenvalue weighted by Crippen LogP contribution is -2.02. The molecule has 0 aliphatic carbocycles. The summed E-state index contributed by atoms with van der Waals surface area (Å²) in [5.41, 5.74) is -1.26. The first-order valence-electron chi connectivity index (χ1n) is 2.99. The highest BCUT2D eigenvalue weighted by molar-refractivity contribution is 5.28. The molecule has 0 aliphatic rings. The van der Waals surface area contributed by atoms with Gasteiger partial charge in [0.1, 0.15) is 6.07 Å². The molecule has 0 saturated carbocycles. The summed E-state index contributed by atoms with van der Waals surface area (Å²) in [6, 6.07) is 1.31. The zero-order valence-electron chi connectivity index (χ0n) is 6.03. The first-order chi connectivity index (χ1) is 5.57. The Balaban J connectivity index is 3.52. The quantitative estimate of drug-likeness (QED) is 0.558. The van der Waals surface area contributed by atoms with E-state index in [9.17, 15) is 13.2 Å². The molecule has 1 aromatic heterocycles. The van der Waals surface area contributed by atoms with Crippen LogP contribution in [0.2, 0.25) is 0 Å². The van der Waals surface area contributed by atoms with Crippen LogP contribution >= 0.6 is 0 Å². The summed E-state index contributed by atoms with van der Waals surface area (Å²) in [6.07, 6.45) is 0.